The summed E-state index contributed by atoms with van der Waals surface area (Å²) < 4.78 is 0. The zero-order valence-corrected chi connectivity index (χ0v) is 22.4. The molecule has 7 nitrogen and oxygen atoms in total. The van der Waals surface area contributed by atoms with E-state index in [-0.39, 0.29) is 29.2 Å². The van der Waals surface area contributed by atoms with E-state index < -0.39 is 11.4 Å². The third-order valence-electron chi connectivity index (χ3n) is 8.83. The highest BCUT2D eigenvalue weighted by Gasteiger charge is 2.53. The Bertz CT molecular complexity index is 1570. The Kier molecular flexibility index (Phi) is 6.42. The maximum absolute atomic E-state index is 13.3. The van der Waals surface area contributed by atoms with Crippen LogP contribution in [0.1, 0.15) is 63.4 Å². The average Bonchev–Trinajstić information content (AvgIpc) is 3.90. The smallest absolute Gasteiger partial charge is 0.335 e. The van der Waals surface area contributed by atoms with Crippen LogP contribution in [-0.2, 0) is 29.1 Å². The quantitative estimate of drug-likeness (QED) is 0.446. The predicted molar refractivity (Wildman–Crippen MR) is 149 cm³/mol. The second-order valence-corrected chi connectivity index (χ2v) is 11.3. The number of rotatable bonds is 7. The first kappa shape index (κ1) is 25.8. The molecule has 0 radical (unpaired) electrons. The summed E-state index contributed by atoms with van der Waals surface area (Å²) in [7, 11) is 0. The van der Waals surface area contributed by atoms with Crippen LogP contribution in [0, 0.1) is 29.6 Å². The van der Waals surface area contributed by atoms with E-state index >= 15 is 0 Å². The van der Waals surface area contributed by atoms with Crippen molar-refractivity contribution in [2.24, 2.45) is 11.3 Å². The molecule has 2 saturated carbocycles. The van der Waals surface area contributed by atoms with Crippen LogP contribution in [0.3, 0.4) is 0 Å². The number of carboxylic acid groups (broad SMARTS) is 1. The van der Waals surface area contributed by atoms with Crippen molar-refractivity contribution in [3.05, 3.63) is 94.0 Å². The van der Waals surface area contributed by atoms with Gasteiger partial charge in [0.05, 0.1) is 11.6 Å². The average molecular weight is 534 g/mol. The van der Waals surface area contributed by atoms with Crippen molar-refractivity contribution in [2.45, 2.75) is 51.6 Å². The van der Waals surface area contributed by atoms with Crippen molar-refractivity contribution in [1.82, 2.24) is 10.2 Å². The Morgan fingerprint density at radius 3 is 2.50 bits per heavy atom. The molecule has 1 heterocycles. The molecular formula is C33H31N3O4. The number of nitrogens with one attached hydrogen (secondary N) is 1. The highest BCUT2D eigenvalue weighted by molar-refractivity contribution is 5.93. The second-order valence-electron chi connectivity index (χ2n) is 11.3. The van der Waals surface area contributed by atoms with E-state index in [1.165, 1.54) is 5.56 Å². The minimum atomic E-state index is -0.968. The monoisotopic (exact) mass is 533 g/mol. The summed E-state index contributed by atoms with van der Waals surface area (Å²) >= 11 is 0. The van der Waals surface area contributed by atoms with Gasteiger partial charge >= 0.3 is 5.97 Å². The third kappa shape index (κ3) is 4.54. The minimum absolute atomic E-state index is 0.0295. The second kappa shape index (κ2) is 9.95. The number of carboxylic acids is 1. The molecule has 3 aromatic rings. The molecule has 0 bridgehead atoms. The molecule has 0 saturated heterocycles. The van der Waals surface area contributed by atoms with Gasteiger partial charge in [0.2, 0.25) is 11.8 Å². The van der Waals surface area contributed by atoms with E-state index in [9.17, 15) is 24.8 Å². The lowest BCUT2D eigenvalue weighted by Gasteiger charge is -2.33. The van der Waals surface area contributed by atoms with Crippen LogP contribution in [0.2, 0.25) is 0 Å². The minimum Gasteiger partial charge on any atom is -0.478 e. The summed E-state index contributed by atoms with van der Waals surface area (Å²) in [6, 6.07) is 21.6. The van der Waals surface area contributed by atoms with Gasteiger partial charge in [-0.15, -0.1) is 0 Å². The van der Waals surface area contributed by atoms with Crippen LogP contribution in [0.15, 0.2) is 60.7 Å². The molecule has 2 atom stereocenters. The van der Waals surface area contributed by atoms with Crippen LogP contribution in [0.5, 0.6) is 0 Å². The summed E-state index contributed by atoms with van der Waals surface area (Å²) in [6.07, 6.45) is 2.62. The van der Waals surface area contributed by atoms with E-state index in [0.717, 1.165) is 34.2 Å². The number of aromatic carboxylic acids is 1. The Morgan fingerprint density at radius 2 is 1.80 bits per heavy atom. The number of nitriles is 1. The van der Waals surface area contributed by atoms with Crippen molar-refractivity contribution in [3.63, 3.8) is 0 Å². The molecule has 0 aromatic heterocycles. The summed E-state index contributed by atoms with van der Waals surface area (Å²) in [4.78, 5) is 39.9. The van der Waals surface area contributed by atoms with Gasteiger partial charge in [0, 0.05) is 25.6 Å². The van der Waals surface area contributed by atoms with Gasteiger partial charge in [0.15, 0.2) is 0 Å². The Morgan fingerprint density at radius 1 is 1.02 bits per heavy atom. The van der Waals surface area contributed by atoms with Crippen molar-refractivity contribution < 1.29 is 19.5 Å². The molecule has 3 aliphatic rings. The predicted octanol–water partition coefficient (Wildman–Crippen LogP) is 4.97. The van der Waals surface area contributed by atoms with Gasteiger partial charge < -0.3 is 15.3 Å². The van der Waals surface area contributed by atoms with Gasteiger partial charge in [-0.25, -0.2) is 4.79 Å². The molecule has 202 valence electrons. The molecule has 7 heteroatoms. The summed E-state index contributed by atoms with van der Waals surface area (Å²) in [6.45, 7) is 3.03. The molecule has 6 rings (SSSR count). The summed E-state index contributed by atoms with van der Waals surface area (Å²) in [5, 5.41) is 22.4. The van der Waals surface area contributed by atoms with Crippen LogP contribution < -0.4 is 5.32 Å². The number of hydrogen-bond acceptors (Lipinski definition) is 4. The molecule has 2 amide bonds. The van der Waals surface area contributed by atoms with Crippen LogP contribution in [0.4, 0.5) is 0 Å². The standard InChI is InChI=1S/C33H31N3O4/c1-20-23(8-5-9-24(20)31(38)39)25-11-10-22(17-35-30(37)28-16-27(28)21-6-3-2-4-7-21)29-18-36(15-12-26(25)29)32(40)33(19-34)13-14-33/h2-11,27-28H,12-18H2,1H3,(H,35,37)(H,38,39). The maximum Gasteiger partial charge on any atom is 0.335 e. The third-order valence-corrected chi connectivity index (χ3v) is 8.83. The van der Waals surface area contributed by atoms with E-state index in [2.05, 4.69) is 23.5 Å². The Hall–Kier alpha value is -4.44. The topological polar surface area (TPSA) is 110 Å². The number of fused-ring (bicyclic) bond motifs is 1. The highest BCUT2D eigenvalue weighted by atomic mass is 16.4. The first-order chi connectivity index (χ1) is 19.3. The van der Waals surface area contributed by atoms with Crippen molar-refractivity contribution in [3.8, 4) is 17.2 Å². The van der Waals surface area contributed by atoms with Crippen LogP contribution in [0.25, 0.3) is 11.1 Å². The zero-order chi connectivity index (χ0) is 28.0. The highest BCUT2D eigenvalue weighted by Crippen LogP contribution is 2.48. The molecule has 1 aliphatic heterocycles. The molecule has 0 spiro atoms. The molecule has 2 N–H and O–H groups in total. The number of nitrogens with zero attached hydrogens (tertiary/aromatic N) is 2. The maximum atomic E-state index is 13.3. The molecule has 3 aromatic carbocycles. The van der Waals surface area contributed by atoms with Gasteiger partial charge in [-0.2, -0.15) is 5.26 Å². The Balaban J connectivity index is 1.30. The van der Waals surface area contributed by atoms with E-state index in [0.29, 0.717) is 44.5 Å². The zero-order valence-electron chi connectivity index (χ0n) is 22.4. The van der Waals surface area contributed by atoms with Crippen molar-refractivity contribution >= 4 is 17.8 Å². The molecule has 2 aliphatic carbocycles. The number of carbonyl (C=O) groups is 3. The van der Waals surface area contributed by atoms with Crippen LogP contribution >= 0.6 is 0 Å². The largest absolute Gasteiger partial charge is 0.478 e. The van der Waals surface area contributed by atoms with Gasteiger partial charge in [-0.05, 0) is 83.5 Å². The van der Waals surface area contributed by atoms with Gasteiger partial charge in [-0.3, -0.25) is 9.59 Å². The van der Waals surface area contributed by atoms with Crippen molar-refractivity contribution in [2.75, 3.05) is 6.54 Å². The number of carbonyl (C=O) groups excluding carboxylic acids is 2. The number of hydrogen-bond donors (Lipinski definition) is 2. The summed E-state index contributed by atoms with van der Waals surface area (Å²) in [5.41, 5.74) is 6.03. The fraction of sp³-hybridized carbons (Fsp3) is 0.333. The molecule has 2 fully saturated rings. The normalized spacial score (nSPS) is 20.1. The fourth-order valence-corrected chi connectivity index (χ4v) is 6.16. The van der Waals surface area contributed by atoms with Gasteiger partial charge in [0.1, 0.15) is 5.41 Å². The lowest BCUT2D eigenvalue weighted by molar-refractivity contribution is -0.136. The van der Waals surface area contributed by atoms with Gasteiger partial charge in [0.25, 0.3) is 0 Å². The lowest BCUT2D eigenvalue weighted by atomic mass is 9.85. The van der Waals surface area contributed by atoms with Crippen LogP contribution in [-0.4, -0.2) is 34.3 Å². The van der Waals surface area contributed by atoms with Crippen molar-refractivity contribution in [1.29, 1.82) is 5.26 Å². The summed E-state index contributed by atoms with van der Waals surface area (Å²) in [5.74, 6) is -0.849. The Labute approximate surface area is 233 Å². The SMILES string of the molecule is Cc1c(C(=O)O)cccc1-c1ccc(CNC(=O)C2CC2c2ccccc2)c2c1CCN(C(=O)C1(C#N)CC1)C2. The van der Waals surface area contributed by atoms with E-state index in [4.69, 9.17) is 0 Å². The number of amides is 2. The first-order valence-electron chi connectivity index (χ1n) is 13.8. The van der Waals surface area contributed by atoms with E-state index in [1.54, 1.807) is 17.0 Å². The number of benzene rings is 3. The molecule has 2 unspecified atom stereocenters. The molecular weight excluding hydrogens is 502 g/mol. The van der Waals surface area contributed by atoms with Gasteiger partial charge in [-0.1, -0.05) is 54.6 Å². The van der Waals surface area contributed by atoms with E-state index in [1.807, 2.05) is 43.3 Å². The molecule has 40 heavy (non-hydrogen) atoms. The fourth-order valence-electron chi connectivity index (χ4n) is 6.16. The first-order valence-corrected chi connectivity index (χ1v) is 13.8. The lowest BCUT2D eigenvalue weighted by Crippen LogP contribution is -2.41.